The molecule has 0 aliphatic carbocycles. The molecule has 4 heterocycles. The maximum Gasteiger partial charge on any atom is 0.230 e. The normalized spacial score (nSPS) is 31.2. The van der Waals surface area contributed by atoms with Gasteiger partial charge in [-0.3, -0.25) is 9.59 Å². The van der Waals surface area contributed by atoms with Crippen LogP contribution in [0.4, 0.5) is 0 Å². The minimum Gasteiger partial charge on any atom is -0.360 e. The lowest BCUT2D eigenvalue weighted by Crippen LogP contribution is -2.47. The summed E-state index contributed by atoms with van der Waals surface area (Å²) in [5.41, 5.74) is -1.00. The van der Waals surface area contributed by atoms with Crippen molar-refractivity contribution < 1.29 is 18.8 Å². The fourth-order valence-corrected chi connectivity index (χ4v) is 4.46. The molecule has 3 aliphatic rings. The molecule has 4 atom stereocenters. The van der Waals surface area contributed by atoms with E-state index >= 15 is 0 Å². The second-order valence-electron chi connectivity index (χ2n) is 9.39. The maximum atomic E-state index is 13.3. The number of likely N-dealkylation sites (tertiary alicyclic amines) is 1. The van der Waals surface area contributed by atoms with Crippen molar-refractivity contribution in [3.8, 4) is 0 Å². The number of nitrogens with zero attached hydrogens (tertiary/aromatic N) is 4. The average Bonchev–Trinajstić information content (AvgIpc) is 3.34. The van der Waals surface area contributed by atoms with Crippen molar-refractivity contribution in [2.75, 3.05) is 13.6 Å². The summed E-state index contributed by atoms with van der Waals surface area (Å²) in [6, 6.07) is 0. The van der Waals surface area contributed by atoms with E-state index in [9.17, 15) is 9.59 Å². The van der Waals surface area contributed by atoms with Gasteiger partial charge >= 0.3 is 0 Å². The van der Waals surface area contributed by atoms with E-state index in [4.69, 9.17) is 9.26 Å². The number of ether oxygens (including phenoxy) is 1. The number of aromatic nitrogens is 2. The summed E-state index contributed by atoms with van der Waals surface area (Å²) in [5, 5.41) is 3.96. The molecule has 4 rings (SSSR count). The Balaban J connectivity index is 1.54. The van der Waals surface area contributed by atoms with Crippen LogP contribution in [0.5, 0.6) is 0 Å². The first-order valence-electron chi connectivity index (χ1n) is 9.79. The zero-order chi connectivity index (χ0) is 20.4. The number of hydrogen-bond donors (Lipinski definition) is 0. The Morgan fingerprint density at radius 1 is 1.43 bits per heavy atom. The molecule has 0 aromatic carbocycles. The summed E-state index contributed by atoms with van der Waals surface area (Å²) in [4.78, 5) is 34.2. The third kappa shape index (κ3) is 2.77. The van der Waals surface area contributed by atoms with Gasteiger partial charge in [0.1, 0.15) is 5.60 Å². The van der Waals surface area contributed by atoms with Gasteiger partial charge in [0.2, 0.25) is 17.7 Å². The van der Waals surface area contributed by atoms with Crippen LogP contribution in [0.15, 0.2) is 16.7 Å². The Kier molecular flexibility index (Phi) is 4.19. The van der Waals surface area contributed by atoms with Crippen LogP contribution in [0, 0.1) is 11.8 Å². The highest BCUT2D eigenvalue weighted by atomic mass is 16.5. The number of amides is 2. The van der Waals surface area contributed by atoms with Gasteiger partial charge in [0.25, 0.3) is 0 Å². The van der Waals surface area contributed by atoms with E-state index in [-0.39, 0.29) is 35.9 Å². The number of carbonyl (C=O) groups excluding carboxylic acids is 2. The van der Waals surface area contributed by atoms with Crippen molar-refractivity contribution >= 4 is 11.8 Å². The summed E-state index contributed by atoms with van der Waals surface area (Å²) >= 11 is 0. The van der Waals surface area contributed by atoms with Gasteiger partial charge in [-0.25, -0.2) is 0 Å². The van der Waals surface area contributed by atoms with E-state index in [0.29, 0.717) is 18.3 Å². The van der Waals surface area contributed by atoms with E-state index in [1.165, 1.54) is 0 Å². The first kappa shape index (κ1) is 19.1. The molecule has 3 aliphatic heterocycles. The summed E-state index contributed by atoms with van der Waals surface area (Å²) in [5.74, 6) is 0.00918. The SMILES string of the molecule is CC(C)c1nc(CN(C)C(=O)C2C3C(=O)N(C(C)(C)C)C[C@]34C=C[C@H]2O4)no1. The molecule has 1 spiro atoms. The van der Waals surface area contributed by atoms with Gasteiger partial charge in [0.05, 0.1) is 31.0 Å². The third-order valence-electron chi connectivity index (χ3n) is 5.93. The Bertz CT molecular complexity index is 840. The zero-order valence-corrected chi connectivity index (χ0v) is 17.3. The molecule has 0 radical (unpaired) electrons. The van der Waals surface area contributed by atoms with E-state index < -0.39 is 17.4 Å². The van der Waals surface area contributed by atoms with E-state index in [2.05, 4.69) is 10.1 Å². The fraction of sp³-hybridized carbons (Fsp3) is 0.700. The van der Waals surface area contributed by atoms with Crippen molar-refractivity contribution in [2.45, 2.75) is 64.3 Å². The highest BCUT2D eigenvalue weighted by Gasteiger charge is 2.68. The molecule has 0 saturated carbocycles. The van der Waals surface area contributed by atoms with Crippen LogP contribution in [0.1, 0.15) is 52.3 Å². The Hall–Kier alpha value is -2.22. The third-order valence-corrected chi connectivity index (χ3v) is 5.93. The molecule has 8 heteroatoms. The standard InChI is InChI=1S/C20H28N4O4/c1-11(2)16-21-13(22-28-16)9-23(6)17(25)14-12-7-8-20(27-12)10-24(19(3,4)5)18(26)15(14)20/h7-8,11-12,14-15H,9-10H2,1-6H3/t12-,14?,15?,20-/m1/s1. The summed E-state index contributed by atoms with van der Waals surface area (Å²) in [6.45, 7) is 10.7. The van der Waals surface area contributed by atoms with Crippen LogP contribution in [0.2, 0.25) is 0 Å². The van der Waals surface area contributed by atoms with Crippen molar-refractivity contribution in [1.29, 1.82) is 0 Å². The van der Waals surface area contributed by atoms with Crippen molar-refractivity contribution in [1.82, 2.24) is 19.9 Å². The number of fused-ring (bicyclic) bond motifs is 1. The molecule has 2 bridgehead atoms. The summed E-state index contributed by atoms with van der Waals surface area (Å²) in [6.07, 6.45) is 3.55. The van der Waals surface area contributed by atoms with Gasteiger partial charge in [-0.1, -0.05) is 31.2 Å². The Morgan fingerprint density at radius 2 is 2.14 bits per heavy atom. The quantitative estimate of drug-likeness (QED) is 0.730. The van der Waals surface area contributed by atoms with Crippen molar-refractivity contribution in [3.63, 3.8) is 0 Å². The predicted molar refractivity (Wildman–Crippen MR) is 100 cm³/mol. The minimum absolute atomic E-state index is 0.00671. The Morgan fingerprint density at radius 3 is 2.75 bits per heavy atom. The predicted octanol–water partition coefficient (Wildman–Crippen LogP) is 1.73. The smallest absolute Gasteiger partial charge is 0.230 e. The number of rotatable bonds is 4. The minimum atomic E-state index is -0.687. The molecule has 1 aromatic heterocycles. The molecular formula is C20H28N4O4. The largest absolute Gasteiger partial charge is 0.360 e. The van der Waals surface area contributed by atoms with Gasteiger partial charge < -0.3 is 19.1 Å². The summed E-state index contributed by atoms with van der Waals surface area (Å²) < 4.78 is 11.4. The molecule has 2 fully saturated rings. The van der Waals surface area contributed by atoms with Gasteiger partial charge in [0, 0.05) is 18.5 Å². The second-order valence-corrected chi connectivity index (χ2v) is 9.39. The summed E-state index contributed by atoms with van der Waals surface area (Å²) in [7, 11) is 1.71. The lowest BCUT2D eigenvalue weighted by Gasteiger charge is -2.34. The van der Waals surface area contributed by atoms with Crippen LogP contribution in [-0.4, -0.2) is 62.6 Å². The number of carbonyl (C=O) groups is 2. The molecule has 2 unspecified atom stereocenters. The van der Waals surface area contributed by atoms with E-state index in [1.54, 1.807) is 11.9 Å². The molecule has 28 heavy (non-hydrogen) atoms. The van der Waals surface area contributed by atoms with Crippen LogP contribution >= 0.6 is 0 Å². The molecular weight excluding hydrogens is 360 g/mol. The molecule has 2 amide bonds. The second kappa shape index (κ2) is 6.14. The average molecular weight is 388 g/mol. The van der Waals surface area contributed by atoms with Crippen molar-refractivity contribution in [3.05, 3.63) is 23.9 Å². The van der Waals surface area contributed by atoms with Crippen LogP contribution in [-0.2, 0) is 20.9 Å². The first-order chi connectivity index (χ1) is 13.0. The van der Waals surface area contributed by atoms with Gasteiger partial charge in [-0.05, 0) is 20.8 Å². The highest BCUT2D eigenvalue weighted by Crippen LogP contribution is 2.53. The van der Waals surface area contributed by atoms with Gasteiger partial charge in [0.15, 0.2) is 5.82 Å². The topological polar surface area (TPSA) is 88.8 Å². The van der Waals surface area contributed by atoms with Crippen LogP contribution < -0.4 is 0 Å². The highest BCUT2D eigenvalue weighted by molar-refractivity contribution is 5.93. The van der Waals surface area contributed by atoms with E-state index in [1.807, 2.05) is 51.7 Å². The monoisotopic (exact) mass is 388 g/mol. The van der Waals surface area contributed by atoms with Crippen LogP contribution in [0.25, 0.3) is 0 Å². The van der Waals surface area contributed by atoms with E-state index in [0.717, 1.165) is 0 Å². The first-order valence-corrected chi connectivity index (χ1v) is 9.79. The maximum absolute atomic E-state index is 13.3. The lowest BCUT2D eigenvalue weighted by molar-refractivity contribution is -0.144. The molecule has 0 N–H and O–H groups in total. The molecule has 8 nitrogen and oxygen atoms in total. The molecule has 1 aromatic rings. The van der Waals surface area contributed by atoms with Crippen molar-refractivity contribution in [2.24, 2.45) is 11.8 Å². The number of hydrogen-bond acceptors (Lipinski definition) is 6. The van der Waals surface area contributed by atoms with Gasteiger partial charge in [-0.15, -0.1) is 0 Å². The molecule has 152 valence electrons. The Labute approximate surface area is 164 Å². The lowest BCUT2D eigenvalue weighted by atomic mass is 9.76. The molecule has 2 saturated heterocycles. The zero-order valence-electron chi connectivity index (χ0n) is 17.3. The van der Waals surface area contributed by atoms with Crippen LogP contribution in [0.3, 0.4) is 0 Å². The van der Waals surface area contributed by atoms with Gasteiger partial charge in [-0.2, -0.15) is 4.98 Å². The fourth-order valence-electron chi connectivity index (χ4n) is 4.46.